The molecule has 5 nitrogen and oxygen atoms in total. The highest BCUT2D eigenvalue weighted by Crippen LogP contribution is 2.40. The molecule has 4 rings (SSSR count). The fourth-order valence-electron chi connectivity index (χ4n) is 3.51. The molecule has 1 atom stereocenters. The average molecular weight is 365 g/mol. The van der Waals surface area contributed by atoms with E-state index in [1.165, 1.54) is 0 Å². The SMILES string of the molecule is Cc1ccc2c(c1)[C@@H](NC(=O)/C=C/c1ccc3c(c1)OCO3)CC(C)(C)O2. The van der Waals surface area contributed by atoms with Crippen LogP contribution in [0.3, 0.4) is 0 Å². The second kappa shape index (κ2) is 6.65. The van der Waals surface area contributed by atoms with Crippen LogP contribution in [-0.4, -0.2) is 18.3 Å². The number of carbonyl (C=O) groups is 1. The van der Waals surface area contributed by atoms with Gasteiger partial charge >= 0.3 is 0 Å². The van der Waals surface area contributed by atoms with Crippen molar-refractivity contribution in [3.05, 3.63) is 59.2 Å². The minimum atomic E-state index is -0.332. The zero-order valence-electron chi connectivity index (χ0n) is 15.7. The summed E-state index contributed by atoms with van der Waals surface area (Å²) in [5, 5.41) is 3.12. The molecule has 0 fully saturated rings. The number of carbonyl (C=O) groups excluding carboxylic acids is 1. The summed E-state index contributed by atoms with van der Waals surface area (Å²) < 4.78 is 16.7. The van der Waals surface area contributed by atoms with Gasteiger partial charge in [-0.05, 0) is 50.6 Å². The number of amides is 1. The highest BCUT2D eigenvalue weighted by atomic mass is 16.7. The van der Waals surface area contributed by atoms with Gasteiger partial charge in [-0.3, -0.25) is 4.79 Å². The molecule has 0 spiro atoms. The van der Waals surface area contributed by atoms with Gasteiger partial charge in [-0.1, -0.05) is 23.8 Å². The van der Waals surface area contributed by atoms with E-state index in [1.807, 2.05) is 51.1 Å². The maximum atomic E-state index is 12.5. The molecule has 2 aliphatic rings. The first-order valence-electron chi connectivity index (χ1n) is 9.07. The van der Waals surface area contributed by atoms with Gasteiger partial charge in [0, 0.05) is 18.1 Å². The van der Waals surface area contributed by atoms with Gasteiger partial charge in [0.05, 0.1) is 6.04 Å². The predicted octanol–water partition coefficient (Wildman–Crippen LogP) is 4.16. The molecule has 0 bridgehead atoms. The number of rotatable bonds is 3. The van der Waals surface area contributed by atoms with Gasteiger partial charge in [0.1, 0.15) is 11.4 Å². The molecule has 0 radical (unpaired) electrons. The monoisotopic (exact) mass is 365 g/mol. The third kappa shape index (κ3) is 3.77. The van der Waals surface area contributed by atoms with Crippen molar-refractivity contribution in [2.45, 2.75) is 38.8 Å². The van der Waals surface area contributed by atoms with Crippen LogP contribution in [-0.2, 0) is 4.79 Å². The van der Waals surface area contributed by atoms with Crippen molar-refractivity contribution in [3.63, 3.8) is 0 Å². The Kier molecular flexibility index (Phi) is 4.30. The first-order valence-corrected chi connectivity index (χ1v) is 9.07. The standard InChI is InChI=1S/C22H23NO4/c1-14-4-7-18-16(10-14)17(12-22(2,3)27-18)23-21(24)9-6-15-5-8-19-20(11-15)26-13-25-19/h4-11,17H,12-13H2,1-3H3,(H,23,24)/b9-6+/t17-/m0/s1. The molecule has 2 aromatic carbocycles. The summed E-state index contributed by atoms with van der Waals surface area (Å²) in [6.45, 7) is 6.36. The lowest BCUT2D eigenvalue weighted by Gasteiger charge is -2.38. The van der Waals surface area contributed by atoms with Crippen molar-refractivity contribution in [1.29, 1.82) is 0 Å². The van der Waals surface area contributed by atoms with Crippen LogP contribution in [0.2, 0.25) is 0 Å². The fourth-order valence-corrected chi connectivity index (χ4v) is 3.51. The smallest absolute Gasteiger partial charge is 0.244 e. The summed E-state index contributed by atoms with van der Waals surface area (Å²) in [5.74, 6) is 2.13. The molecule has 1 N–H and O–H groups in total. The molecule has 1 amide bonds. The van der Waals surface area contributed by atoms with Gasteiger partial charge in [-0.25, -0.2) is 0 Å². The largest absolute Gasteiger partial charge is 0.487 e. The Hall–Kier alpha value is -2.95. The number of aryl methyl sites for hydroxylation is 1. The summed E-state index contributed by atoms with van der Waals surface area (Å²) >= 11 is 0. The Morgan fingerprint density at radius 1 is 1.11 bits per heavy atom. The summed E-state index contributed by atoms with van der Waals surface area (Å²) in [4.78, 5) is 12.5. The van der Waals surface area contributed by atoms with Crippen LogP contribution in [0, 0.1) is 6.92 Å². The van der Waals surface area contributed by atoms with Crippen LogP contribution in [0.5, 0.6) is 17.2 Å². The van der Waals surface area contributed by atoms with Crippen LogP contribution >= 0.6 is 0 Å². The van der Waals surface area contributed by atoms with E-state index in [0.29, 0.717) is 12.2 Å². The minimum absolute atomic E-state index is 0.0856. The normalized spacial score (nSPS) is 19.4. The number of benzene rings is 2. The van der Waals surface area contributed by atoms with Crippen molar-refractivity contribution in [3.8, 4) is 17.2 Å². The fraction of sp³-hybridized carbons (Fsp3) is 0.318. The summed E-state index contributed by atoms with van der Waals surface area (Å²) in [6.07, 6.45) is 4.04. The molecular weight excluding hydrogens is 342 g/mol. The summed E-state index contributed by atoms with van der Waals surface area (Å²) in [7, 11) is 0. The molecule has 2 heterocycles. The van der Waals surface area contributed by atoms with Gasteiger partial charge in [0.25, 0.3) is 0 Å². The Morgan fingerprint density at radius 2 is 1.89 bits per heavy atom. The lowest BCUT2D eigenvalue weighted by Crippen LogP contribution is -2.41. The number of hydrogen-bond donors (Lipinski definition) is 1. The van der Waals surface area contributed by atoms with Gasteiger partial charge in [0.15, 0.2) is 11.5 Å². The number of hydrogen-bond acceptors (Lipinski definition) is 4. The summed E-state index contributed by atoms with van der Waals surface area (Å²) in [6, 6.07) is 11.6. The lowest BCUT2D eigenvalue weighted by molar-refractivity contribution is -0.117. The third-order valence-corrected chi connectivity index (χ3v) is 4.76. The van der Waals surface area contributed by atoms with E-state index >= 15 is 0 Å². The van der Waals surface area contributed by atoms with E-state index in [1.54, 1.807) is 12.2 Å². The van der Waals surface area contributed by atoms with Crippen molar-refractivity contribution in [2.24, 2.45) is 0 Å². The second-order valence-corrected chi connectivity index (χ2v) is 7.61. The van der Waals surface area contributed by atoms with Gasteiger partial charge < -0.3 is 19.5 Å². The van der Waals surface area contributed by atoms with Crippen LogP contribution < -0.4 is 19.5 Å². The lowest BCUT2D eigenvalue weighted by atomic mass is 9.89. The molecule has 5 heteroatoms. The molecule has 0 aliphatic carbocycles. The zero-order valence-corrected chi connectivity index (χ0v) is 15.7. The van der Waals surface area contributed by atoms with E-state index in [2.05, 4.69) is 11.4 Å². The maximum absolute atomic E-state index is 12.5. The zero-order chi connectivity index (χ0) is 19.0. The van der Waals surface area contributed by atoms with E-state index < -0.39 is 0 Å². The molecule has 140 valence electrons. The topological polar surface area (TPSA) is 56.8 Å². The highest BCUT2D eigenvalue weighted by Gasteiger charge is 2.34. The minimum Gasteiger partial charge on any atom is -0.487 e. The first-order chi connectivity index (χ1) is 12.9. The van der Waals surface area contributed by atoms with Gasteiger partial charge in [0.2, 0.25) is 12.7 Å². The molecule has 2 aromatic rings. The molecule has 0 saturated heterocycles. The number of ether oxygens (including phenoxy) is 3. The van der Waals surface area contributed by atoms with Crippen molar-refractivity contribution >= 4 is 12.0 Å². The highest BCUT2D eigenvalue weighted by molar-refractivity contribution is 5.92. The molecule has 27 heavy (non-hydrogen) atoms. The van der Waals surface area contributed by atoms with E-state index in [9.17, 15) is 4.79 Å². The number of nitrogens with one attached hydrogen (secondary N) is 1. The van der Waals surface area contributed by atoms with Crippen molar-refractivity contribution in [1.82, 2.24) is 5.32 Å². The van der Waals surface area contributed by atoms with Crippen LogP contribution in [0.15, 0.2) is 42.5 Å². The quantitative estimate of drug-likeness (QED) is 0.830. The van der Waals surface area contributed by atoms with Crippen molar-refractivity contribution in [2.75, 3.05) is 6.79 Å². The molecular formula is C22H23NO4. The Bertz CT molecular complexity index is 917. The van der Waals surface area contributed by atoms with Crippen LogP contribution in [0.1, 0.15) is 43.0 Å². The molecule has 0 aromatic heterocycles. The summed E-state index contributed by atoms with van der Waals surface area (Å²) in [5.41, 5.74) is 2.73. The Labute approximate surface area is 158 Å². The average Bonchev–Trinajstić information content (AvgIpc) is 3.08. The molecule has 2 aliphatic heterocycles. The second-order valence-electron chi connectivity index (χ2n) is 7.61. The molecule has 0 unspecified atom stereocenters. The molecule has 0 saturated carbocycles. The third-order valence-electron chi connectivity index (χ3n) is 4.76. The van der Waals surface area contributed by atoms with Crippen LogP contribution in [0.25, 0.3) is 6.08 Å². The number of fused-ring (bicyclic) bond motifs is 2. The van der Waals surface area contributed by atoms with Gasteiger partial charge in [-0.15, -0.1) is 0 Å². The van der Waals surface area contributed by atoms with Gasteiger partial charge in [-0.2, -0.15) is 0 Å². The van der Waals surface area contributed by atoms with E-state index in [0.717, 1.165) is 28.2 Å². The predicted molar refractivity (Wildman–Crippen MR) is 103 cm³/mol. The van der Waals surface area contributed by atoms with E-state index in [4.69, 9.17) is 14.2 Å². The van der Waals surface area contributed by atoms with E-state index in [-0.39, 0.29) is 24.3 Å². The Morgan fingerprint density at radius 3 is 2.74 bits per heavy atom. The maximum Gasteiger partial charge on any atom is 0.244 e. The Balaban J connectivity index is 1.50. The van der Waals surface area contributed by atoms with Crippen LogP contribution in [0.4, 0.5) is 0 Å². The van der Waals surface area contributed by atoms with Crippen molar-refractivity contribution < 1.29 is 19.0 Å². The first kappa shape index (κ1) is 17.5.